The number of nitrogens with one attached hydrogen (secondary N) is 1. The molecule has 2 amide bonds. The highest BCUT2D eigenvalue weighted by molar-refractivity contribution is 9.10. The number of carbonyl (C=O) groups excluding carboxylic acids is 2. The molecule has 0 heterocycles. The normalized spacial score (nSPS) is 14.2. The van der Waals surface area contributed by atoms with E-state index in [9.17, 15) is 18.0 Å². The Labute approximate surface area is 273 Å². The van der Waals surface area contributed by atoms with Gasteiger partial charge in [0.2, 0.25) is 21.8 Å². The maximum absolute atomic E-state index is 14.0. The van der Waals surface area contributed by atoms with Gasteiger partial charge in [-0.25, -0.2) is 8.42 Å². The number of methoxy groups -OCH3 is 1. The van der Waals surface area contributed by atoms with E-state index in [4.69, 9.17) is 16.3 Å². The van der Waals surface area contributed by atoms with Crippen LogP contribution in [0.15, 0.2) is 77.3 Å². The average Bonchev–Trinajstić information content (AvgIpc) is 3.51. The van der Waals surface area contributed by atoms with Crippen LogP contribution >= 0.6 is 27.5 Å². The molecule has 8 nitrogen and oxygen atoms in total. The van der Waals surface area contributed by atoms with E-state index in [1.807, 2.05) is 54.6 Å². The zero-order valence-electron chi connectivity index (χ0n) is 25.0. The maximum atomic E-state index is 14.0. The van der Waals surface area contributed by atoms with E-state index in [1.165, 1.54) is 17.5 Å². The van der Waals surface area contributed by atoms with Gasteiger partial charge in [-0.1, -0.05) is 82.8 Å². The van der Waals surface area contributed by atoms with Crippen molar-refractivity contribution in [1.29, 1.82) is 0 Å². The molecule has 3 aromatic carbocycles. The summed E-state index contributed by atoms with van der Waals surface area (Å²) < 4.78 is 32.8. The molecule has 11 heteroatoms. The van der Waals surface area contributed by atoms with E-state index in [0.717, 1.165) is 47.5 Å². The second kappa shape index (κ2) is 15.8. The molecule has 0 aromatic heterocycles. The van der Waals surface area contributed by atoms with Crippen molar-refractivity contribution >= 4 is 55.1 Å². The Kier molecular flexibility index (Phi) is 12.1. The van der Waals surface area contributed by atoms with Gasteiger partial charge in [-0.15, -0.1) is 0 Å². The molecule has 0 unspecified atom stereocenters. The molecule has 0 bridgehead atoms. The molecule has 236 valence electrons. The zero-order valence-corrected chi connectivity index (χ0v) is 28.2. The molecule has 1 N–H and O–H groups in total. The number of nitrogens with zero attached hydrogens (tertiary/aromatic N) is 2. The van der Waals surface area contributed by atoms with Gasteiger partial charge in [-0.3, -0.25) is 13.9 Å². The molecule has 1 atom stereocenters. The van der Waals surface area contributed by atoms with E-state index in [-0.39, 0.29) is 48.8 Å². The van der Waals surface area contributed by atoms with Crippen molar-refractivity contribution in [2.75, 3.05) is 24.2 Å². The van der Waals surface area contributed by atoms with Crippen molar-refractivity contribution in [3.63, 3.8) is 0 Å². The number of ether oxygens (including phenoxy) is 1. The third-order valence-electron chi connectivity index (χ3n) is 7.81. The molecule has 0 radical (unpaired) electrons. The smallest absolute Gasteiger partial charge is 0.243 e. The minimum atomic E-state index is -3.67. The molecule has 4 rings (SSSR count). The van der Waals surface area contributed by atoms with Gasteiger partial charge in [0.05, 0.1) is 24.1 Å². The number of hydrogen-bond acceptors (Lipinski definition) is 5. The number of sulfonamides is 1. The SMILES string of the molecule is COc1ccc(N(CCCC(=O)N(Cc2ccc(Br)cc2)[C@H](Cc2ccccc2)C(=O)NC2CCCC2)S(C)(=O)=O)cc1Cl. The molecule has 1 fully saturated rings. The molecule has 0 saturated heterocycles. The highest BCUT2D eigenvalue weighted by Crippen LogP contribution is 2.30. The summed E-state index contributed by atoms with van der Waals surface area (Å²) in [6, 6.07) is 21.5. The van der Waals surface area contributed by atoms with Crippen LogP contribution in [0.5, 0.6) is 5.75 Å². The molecule has 1 aliphatic rings. The highest BCUT2D eigenvalue weighted by Gasteiger charge is 2.32. The third-order valence-corrected chi connectivity index (χ3v) is 9.83. The van der Waals surface area contributed by atoms with E-state index in [2.05, 4.69) is 21.2 Å². The number of anilines is 1. The van der Waals surface area contributed by atoms with E-state index in [1.54, 1.807) is 17.0 Å². The van der Waals surface area contributed by atoms with Crippen molar-refractivity contribution < 1.29 is 22.7 Å². The van der Waals surface area contributed by atoms with Gasteiger partial charge in [0.15, 0.2) is 0 Å². The Morgan fingerprint density at radius 1 is 1.02 bits per heavy atom. The minimum absolute atomic E-state index is 0.0500. The van der Waals surface area contributed by atoms with E-state index < -0.39 is 16.1 Å². The van der Waals surface area contributed by atoms with Gasteiger partial charge in [-0.05, 0) is 60.7 Å². The minimum Gasteiger partial charge on any atom is -0.495 e. The monoisotopic (exact) mass is 703 g/mol. The molecule has 3 aromatic rings. The van der Waals surface area contributed by atoms with Crippen LogP contribution in [0, 0.1) is 0 Å². The summed E-state index contributed by atoms with van der Waals surface area (Å²) in [5.74, 6) is 0.0384. The Hall–Kier alpha value is -3.08. The van der Waals surface area contributed by atoms with Crippen molar-refractivity contribution in [3.8, 4) is 5.75 Å². The van der Waals surface area contributed by atoms with Gasteiger partial charge < -0.3 is 15.0 Å². The molecule has 44 heavy (non-hydrogen) atoms. The fourth-order valence-electron chi connectivity index (χ4n) is 5.52. The van der Waals surface area contributed by atoms with Gasteiger partial charge in [0.25, 0.3) is 0 Å². The van der Waals surface area contributed by atoms with Gasteiger partial charge in [0, 0.05) is 36.4 Å². The summed E-state index contributed by atoms with van der Waals surface area (Å²) in [4.78, 5) is 29.5. The Morgan fingerprint density at radius 2 is 1.70 bits per heavy atom. The van der Waals surface area contributed by atoms with Crippen LogP contribution in [0.3, 0.4) is 0 Å². The van der Waals surface area contributed by atoms with Crippen LogP contribution in [0.2, 0.25) is 5.02 Å². The number of hydrogen-bond donors (Lipinski definition) is 1. The summed E-state index contributed by atoms with van der Waals surface area (Å²) >= 11 is 9.75. The molecular weight excluding hydrogens is 666 g/mol. The van der Waals surface area contributed by atoms with Crippen LogP contribution in [0.1, 0.15) is 49.7 Å². The van der Waals surface area contributed by atoms with Crippen LogP contribution < -0.4 is 14.4 Å². The van der Waals surface area contributed by atoms with Gasteiger partial charge in [0.1, 0.15) is 11.8 Å². The van der Waals surface area contributed by atoms with Crippen molar-refractivity contribution in [2.45, 2.75) is 63.6 Å². The van der Waals surface area contributed by atoms with Crippen LogP contribution in [-0.2, 0) is 32.6 Å². The second-order valence-corrected chi connectivity index (χ2v) is 14.3. The largest absolute Gasteiger partial charge is 0.495 e. The number of rotatable bonds is 14. The first-order valence-electron chi connectivity index (χ1n) is 14.7. The van der Waals surface area contributed by atoms with Crippen molar-refractivity contribution in [3.05, 3.63) is 93.4 Å². The summed E-state index contributed by atoms with van der Waals surface area (Å²) in [5.41, 5.74) is 2.22. The summed E-state index contributed by atoms with van der Waals surface area (Å²) in [6.45, 7) is 0.308. The molecular formula is C33H39BrClN3O5S. The quantitative estimate of drug-likeness (QED) is 0.211. The van der Waals surface area contributed by atoms with Crippen LogP contribution in [0.25, 0.3) is 0 Å². The first kappa shape index (κ1) is 33.8. The molecule has 1 aliphatic carbocycles. The lowest BCUT2D eigenvalue weighted by atomic mass is 10.0. The summed E-state index contributed by atoms with van der Waals surface area (Å²) in [6.07, 6.45) is 5.79. The number of benzene rings is 3. The predicted octanol–water partition coefficient (Wildman–Crippen LogP) is 6.36. The van der Waals surface area contributed by atoms with Crippen LogP contribution in [0.4, 0.5) is 5.69 Å². The number of amides is 2. The van der Waals surface area contributed by atoms with Crippen molar-refractivity contribution in [1.82, 2.24) is 10.2 Å². The summed E-state index contributed by atoms with van der Waals surface area (Å²) in [5, 5.41) is 3.49. The Morgan fingerprint density at radius 3 is 2.32 bits per heavy atom. The lowest BCUT2D eigenvalue weighted by Gasteiger charge is -2.33. The van der Waals surface area contributed by atoms with E-state index >= 15 is 0 Å². The maximum Gasteiger partial charge on any atom is 0.243 e. The third kappa shape index (κ3) is 9.46. The van der Waals surface area contributed by atoms with Crippen molar-refractivity contribution in [2.24, 2.45) is 0 Å². The number of carbonyl (C=O) groups is 2. The number of halogens is 2. The van der Waals surface area contributed by atoms with Crippen LogP contribution in [-0.4, -0.2) is 57.1 Å². The fourth-order valence-corrected chi connectivity index (χ4v) is 7.00. The lowest BCUT2D eigenvalue weighted by molar-refractivity contribution is -0.141. The molecule has 0 spiro atoms. The van der Waals surface area contributed by atoms with Gasteiger partial charge in [-0.2, -0.15) is 0 Å². The average molecular weight is 705 g/mol. The highest BCUT2D eigenvalue weighted by atomic mass is 79.9. The Balaban J connectivity index is 1.58. The fraction of sp³-hybridized carbons (Fsp3) is 0.394. The molecule has 1 saturated carbocycles. The predicted molar refractivity (Wildman–Crippen MR) is 178 cm³/mol. The topological polar surface area (TPSA) is 96.0 Å². The molecule has 0 aliphatic heterocycles. The lowest BCUT2D eigenvalue weighted by Crippen LogP contribution is -2.52. The first-order valence-corrected chi connectivity index (χ1v) is 17.8. The summed E-state index contributed by atoms with van der Waals surface area (Å²) in [7, 11) is -2.18. The second-order valence-electron chi connectivity index (χ2n) is 11.1. The standard InChI is InChI=1S/C33H39BrClN3O5S/c1-43-31-19-18-28(22-29(31)35)38(44(2,41)42)20-8-13-32(39)37(23-25-14-16-26(34)17-15-25)30(21-24-9-4-3-5-10-24)33(40)36-27-11-6-7-12-27/h3-5,9-10,14-19,22,27,30H,6-8,11-13,20-21,23H2,1-2H3,(H,36,40)/t30-/m1/s1. The first-order chi connectivity index (χ1) is 21.0. The Bertz CT molecular complexity index is 1520. The van der Waals surface area contributed by atoms with Gasteiger partial charge >= 0.3 is 0 Å². The zero-order chi connectivity index (χ0) is 31.7. The van der Waals surface area contributed by atoms with E-state index in [0.29, 0.717) is 17.9 Å².